The van der Waals surface area contributed by atoms with Gasteiger partial charge >= 0.3 is 0 Å². The van der Waals surface area contributed by atoms with Crippen molar-refractivity contribution in [2.24, 2.45) is 0 Å². The van der Waals surface area contributed by atoms with Crippen molar-refractivity contribution in [3.05, 3.63) is 29.6 Å². The largest absolute Gasteiger partial charge is 0.508 e. The lowest BCUT2D eigenvalue weighted by Gasteiger charge is -2.28. The number of hydrogen-bond acceptors (Lipinski definition) is 4. The second-order valence-corrected chi connectivity index (χ2v) is 4.13. The highest BCUT2D eigenvalue weighted by atomic mass is 19.1. The van der Waals surface area contributed by atoms with Gasteiger partial charge in [0.15, 0.2) is 0 Å². The average Bonchev–Trinajstić information content (AvgIpc) is 2.33. The van der Waals surface area contributed by atoms with Crippen molar-refractivity contribution >= 4 is 0 Å². The Morgan fingerprint density at radius 3 is 2.76 bits per heavy atom. The number of halogens is 1. The van der Waals surface area contributed by atoms with Crippen LogP contribution in [-0.2, 0) is 4.74 Å². The van der Waals surface area contributed by atoms with E-state index >= 15 is 0 Å². The summed E-state index contributed by atoms with van der Waals surface area (Å²) in [6.07, 6.45) is -0.885. The number of nitrogens with zero attached hydrogens (tertiary/aromatic N) is 1. The molecular formula is C12H16FNO3. The molecule has 0 radical (unpaired) electrons. The first kappa shape index (κ1) is 12.3. The number of hydrogen-bond donors (Lipinski definition) is 2. The summed E-state index contributed by atoms with van der Waals surface area (Å²) in [5.41, 5.74) is 0.233. The molecule has 0 amide bonds. The van der Waals surface area contributed by atoms with E-state index in [1.165, 1.54) is 18.2 Å². The Labute approximate surface area is 99.2 Å². The molecule has 1 fully saturated rings. The van der Waals surface area contributed by atoms with E-state index in [1.807, 2.05) is 4.90 Å². The van der Waals surface area contributed by atoms with Crippen molar-refractivity contribution in [3.63, 3.8) is 0 Å². The van der Waals surface area contributed by atoms with E-state index in [2.05, 4.69) is 0 Å². The number of benzene rings is 1. The van der Waals surface area contributed by atoms with Crippen LogP contribution in [0.5, 0.6) is 5.75 Å². The fourth-order valence-electron chi connectivity index (χ4n) is 1.92. The van der Waals surface area contributed by atoms with Gasteiger partial charge < -0.3 is 14.9 Å². The van der Waals surface area contributed by atoms with Crippen molar-refractivity contribution < 1.29 is 19.3 Å². The molecule has 0 aliphatic carbocycles. The Hall–Kier alpha value is -1.17. The lowest BCUT2D eigenvalue weighted by molar-refractivity contribution is 0.0139. The van der Waals surface area contributed by atoms with Gasteiger partial charge in [-0.15, -0.1) is 0 Å². The van der Waals surface area contributed by atoms with E-state index in [9.17, 15) is 14.6 Å². The van der Waals surface area contributed by atoms with E-state index in [4.69, 9.17) is 4.74 Å². The molecule has 2 rings (SSSR count). The van der Waals surface area contributed by atoms with Gasteiger partial charge in [-0.05, 0) is 18.2 Å². The summed E-state index contributed by atoms with van der Waals surface area (Å²) in [7, 11) is 0. The van der Waals surface area contributed by atoms with Crippen LogP contribution in [0.1, 0.15) is 11.7 Å². The van der Waals surface area contributed by atoms with Gasteiger partial charge in [0.25, 0.3) is 0 Å². The maximum absolute atomic E-state index is 13.0. The van der Waals surface area contributed by atoms with Gasteiger partial charge in [0.2, 0.25) is 0 Å². The lowest BCUT2D eigenvalue weighted by atomic mass is 10.1. The van der Waals surface area contributed by atoms with Gasteiger partial charge in [-0.25, -0.2) is 4.39 Å². The van der Waals surface area contributed by atoms with Crippen LogP contribution in [0, 0.1) is 5.82 Å². The first-order valence-electron chi connectivity index (χ1n) is 5.63. The molecule has 1 aromatic rings. The molecule has 2 N–H and O–H groups in total. The van der Waals surface area contributed by atoms with Crippen LogP contribution in [0.15, 0.2) is 18.2 Å². The van der Waals surface area contributed by atoms with Crippen molar-refractivity contribution in [1.82, 2.24) is 4.90 Å². The highest BCUT2D eigenvalue weighted by Crippen LogP contribution is 2.25. The molecule has 1 atom stereocenters. The van der Waals surface area contributed by atoms with Crippen LogP contribution in [0.25, 0.3) is 0 Å². The zero-order valence-corrected chi connectivity index (χ0v) is 9.47. The number of ether oxygens (including phenoxy) is 1. The van der Waals surface area contributed by atoms with Crippen molar-refractivity contribution in [2.45, 2.75) is 6.10 Å². The van der Waals surface area contributed by atoms with Crippen LogP contribution in [0.2, 0.25) is 0 Å². The van der Waals surface area contributed by atoms with Crippen LogP contribution >= 0.6 is 0 Å². The summed E-state index contributed by atoms with van der Waals surface area (Å²) in [6, 6.07) is 3.59. The molecule has 0 saturated carbocycles. The van der Waals surface area contributed by atoms with Crippen LogP contribution < -0.4 is 0 Å². The SMILES string of the molecule is Oc1ccc(F)cc1C(O)CN1CCOCC1. The maximum Gasteiger partial charge on any atom is 0.123 e. The predicted molar refractivity (Wildman–Crippen MR) is 60.3 cm³/mol. The minimum atomic E-state index is -0.885. The fraction of sp³-hybridized carbons (Fsp3) is 0.500. The topological polar surface area (TPSA) is 52.9 Å². The second-order valence-electron chi connectivity index (χ2n) is 4.13. The fourth-order valence-corrected chi connectivity index (χ4v) is 1.92. The van der Waals surface area contributed by atoms with Crippen molar-refractivity contribution in [2.75, 3.05) is 32.8 Å². The molecule has 17 heavy (non-hydrogen) atoms. The third-order valence-corrected chi connectivity index (χ3v) is 2.88. The molecule has 0 spiro atoms. The van der Waals surface area contributed by atoms with Crippen LogP contribution in [0.4, 0.5) is 4.39 Å². The quantitative estimate of drug-likeness (QED) is 0.825. The highest BCUT2D eigenvalue weighted by molar-refractivity contribution is 5.34. The molecule has 5 heteroatoms. The molecule has 1 aromatic carbocycles. The van der Waals surface area contributed by atoms with Gasteiger partial charge in [0, 0.05) is 25.2 Å². The number of morpholine rings is 1. The minimum Gasteiger partial charge on any atom is -0.508 e. The third kappa shape index (κ3) is 3.15. The minimum absolute atomic E-state index is 0.0767. The van der Waals surface area contributed by atoms with E-state index in [0.29, 0.717) is 19.8 Å². The molecule has 1 aliphatic rings. The first-order valence-corrected chi connectivity index (χ1v) is 5.63. The Balaban J connectivity index is 2.02. The monoisotopic (exact) mass is 241 g/mol. The summed E-state index contributed by atoms with van der Waals surface area (Å²) in [5.74, 6) is -0.536. The van der Waals surface area contributed by atoms with Gasteiger partial charge in [-0.2, -0.15) is 0 Å². The Morgan fingerprint density at radius 2 is 2.06 bits per heavy atom. The van der Waals surface area contributed by atoms with E-state index < -0.39 is 11.9 Å². The van der Waals surface area contributed by atoms with Crippen molar-refractivity contribution in [1.29, 1.82) is 0 Å². The summed E-state index contributed by atoms with van der Waals surface area (Å²) < 4.78 is 18.2. The number of aliphatic hydroxyl groups excluding tert-OH is 1. The molecule has 0 aromatic heterocycles. The number of phenols is 1. The van der Waals surface area contributed by atoms with E-state index in [-0.39, 0.29) is 11.3 Å². The second kappa shape index (κ2) is 5.44. The molecule has 1 heterocycles. The summed E-state index contributed by atoms with van der Waals surface area (Å²) in [4.78, 5) is 2.03. The number of β-amino-alcohol motifs (C(OH)–C–C–N with tert-alkyl or cyclic N) is 1. The van der Waals surface area contributed by atoms with Gasteiger partial charge in [0.05, 0.1) is 19.3 Å². The smallest absolute Gasteiger partial charge is 0.123 e. The van der Waals surface area contributed by atoms with E-state index in [0.717, 1.165) is 13.1 Å². The average molecular weight is 241 g/mol. The first-order chi connectivity index (χ1) is 8.16. The van der Waals surface area contributed by atoms with Gasteiger partial charge in [0.1, 0.15) is 11.6 Å². The summed E-state index contributed by atoms with van der Waals surface area (Å²) in [6.45, 7) is 3.14. The molecule has 1 aliphatic heterocycles. The number of phenolic OH excluding ortho intramolecular Hbond substituents is 1. The zero-order valence-electron chi connectivity index (χ0n) is 9.47. The molecule has 0 bridgehead atoms. The molecular weight excluding hydrogens is 225 g/mol. The maximum atomic E-state index is 13.0. The van der Waals surface area contributed by atoms with Crippen LogP contribution in [0.3, 0.4) is 0 Å². The van der Waals surface area contributed by atoms with Crippen molar-refractivity contribution in [3.8, 4) is 5.75 Å². The Morgan fingerprint density at radius 1 is 1.35 bits per heavy atom. The van der Waals surface area contributed by atoms with E-state index in [1.54, 1.807) is 0 Å². The summed E-state index contributed by atoms with van der Waals surface area (Å²) in [5, 5.41) is 19.5. The van der Waals surface area contributed by atoms with Crippen LogP contribution in [-0.4, -0.2) is 48.0 Å². The number of aromatic hydroxyl groups is 1. The third-order valence-electron chi connectivity index (χ3n) is 2.88. The van der Waals surface area contributed by atoms with Gasteiger partial charge in [-0.3, -0.25) is 4.90 Å². The Bertz CT molecular complexity index is 380. The Kier molecular flexibility index (Phi) is 3.93. The lowest BCUT2D eigenvalue weighted by Crippen LogP contribution is -2.38. The number of aliphatic hydroxyl groups is 1. The normalized spacial score (nSPS) is 19.2. The number of rotatable bonds is 3. The molecule has 4 nitrogen and oxygen atoms in total. The molecule has 1 saturated heterocycles. The van der Waals surface area contributed by atoms with Gasteiger partial charge in [-0.1, -0.05) is 0 Å². The predicted octanol–water partition coefficient (Wildman–Crippen LogP) is 0.897. The molecule has 1 unspecified atom stereocenters. The standard InChI is InChI=1S/C12H16FNO3/c13-9-1-2-11(15)10(7-9)12(16)8-14-3-5-17-6-4-14/h1-2,7,12,15-16H,3-6,8H2. The molecule has 94 valence electrons. The zero-order chi connectivity index (χ0) is 12.3. The highest BCUT2D eigenvalue weighted by Gasteiger charge is 2.18. The summed E-state index contributed by atoms with van der Waals surface area (Å²) >= 11 is 0.